The maximum absolute atomic E-state index is 12.8. The number of aryl methyl sites for hydroxylation is 2. The molecule has 3 rings (SSSR count). The first-order valence-corrected chi connectivity index (χ1v) is 7.78. The summed E-state index contributed by atoms with van der Waals surface area (Å²) in [5.41, 5.74) is 1.83. The summed E-state index contributed by atoms with van der Waals surface area (Å²) in [4.78, 5) is 17.1. The molecule has 2 heterocycles. The first-order valence-electron chi connectivity index (χ1n) is 7.78. The Balaban J connectivity index is 1.91. The Morgan fingerprint density at radius 2 is 2.08 bits per heavy atom. The summed E-state index contributed by atoms with van der Waals surface area (Å²) in [5.74, 6) is 0.961. The van der Waals surface area contributed by atoms with E-state index in [1.807, 2.05) is 37.3 Å². The van der Waals surface area contributed by atoms with Crippen molar-refractivity contribution in [2.75, 3.05) is 0 Å². The number of benzene rings is 1. The van der Waals surface area contributed by atoms with Gasteiger partial charge in [0.1, 0.15) is 29.2 Å². The summed E-state index contributed by atoms with van der Waals surface area (Å²) in [7, 11) is 1.80. The number of carbonyl (C=O) groups excluding carboxylic acids is 1. The molecule has 124 valence electrons. The van der Waals surface area contributed by atoms with Crippen molar-refractivity contribution >= 4 is 5.91 Å². The average molecular weight is 325 g/mol. The van der Waals surface area contributed by atoms with Crippen LogP contribution in [0.4, 0.5) is 0 Å². The van der Waals surface area contributed by atoms with Crippen molar-refractivity contribution in [1.82, 2.24) is 25.2 Å². The smallest absolute Gasteiger partial charge is 0.257 e. The quantitative estimate of drug-likeness (QED) is 0.779. The lowest BCUT2D eigenvalue weighted by Gasteiger charge is -2.16. The van der Waals surface area contributed by atoms with Gasteiger partial charge < -0.3 is 9.84 Å². The van der Waals surface area contributed by atoms with E-state index in [1.165, 1.54) is 6.33 Å². The number of aromatic nitrogens is 4. The molecule has 24 heavy (non-hydrogen) atoms. The van der Waals surface area contributed by atoms with Crippen molar-refractivity contribution in [1.29, 1.82) is 0 Å². The Bertz CT molecular complexity index is 838. The lowest BCUT2D eigenvalue weighted by Crippen LogP contribution is -2.30. The number of amides is 1. The van der Waals surface area contributed by atoms with Crippen LogP contribution in [-0.2, 0) is 7.05 Å². The molecule has 3 aromatic rings. The molecular formula is C17H19N5O2. The molecule has 0 fully saturated rings. The second kappa shape index (κ2) is 6.66. The van der Waals surface area contributed by atoms with Gasteiger partial charge in [0.2, 0.25) is 0 Å². The molecule has 0 aliphatic heterocycles. The van der Waals surface area contributed by atoms with Gasteiger partial charge in [0.05, 0.1) is 6.04 Å². The molecule has 0 spiro atoms. The van der Waals surface area contributed by atoms with E-state index < -0.39 is 0 Å². The number of hydrogen-bond donors (Lipinski definition) is 1. The van der Waals surface area contributed by atoms with Gasteiger partial charge in [-0.3, -0.25) is 9.48 Å². The molecule has 0 unspecified atom stereocenters. The summed E-state index contributed by atoms with van der Waals surface area (Å²) in [6.07, 6.45) is 2.17. The first-order chi connectivity index (χ1) is 11.6. The van der Waals surface area contributed by atoms with Crippen molar-refractivity contribution in [2.45, 2.75) is 26.3 Å². The Labute approximate surface area is 139 Å². The van der Waals surface area contributed by atoms with E-state index in [9.17, 15) is 4.79 Å². The zero-order chi connectivity index (χ0) is 17.1. The third-order valence-electron chi connectivity index (χ3n) is 3.91. The van der Waals surface area contributed by atoms with E-state index in [0.29, 0.717) is 29.3 Å². The second-order valence-corrected chi connectivity index (χ2v) is 5.50. The maximum Gasteiger partial charge on any atom is 0.257 e. The Kier molecular flexibility index (Phi) is 4.41. The van der Waals surface area contributed by atoms with Gasteiger partial charge in [0.15, 0.2) is 0 Å². The minimum absolute atomic E-state index is 0.233. The van der Waals surface area contributed by atoms with Gasteiger partial charge in [-0.2, -0.15) is 5.10 Å². The SMILES string of the molecule is CC[C@H](NC(=O)c1c(-c2ccccc2)noc1C)c1ncnn1C. The summed E-state index contributed by atoms with van der Waals surface area (Å²) >= 11 is 0. The predicted octanol–water partition coefficient (Wildman–Crippen LogP) is 2.66. The van der Waals surface area contributed by atoms with E-state index in [-0.39, 0.29) is 11.9 Å². The molecule has 7 heteroatoms. The van der Waals surface area contributed by atoms with Gasteiger partial charge in [-0.1, -0.05) is 42.4 Å². The first kappa shape index (κ1) is 15.9. The Morgan fingerprint density at radius 3 is 2.71 bits per heavy atom. The van der Waals surface area contributed by atoms with E-state index in [2.05, 4.69) is 20.6 Å². The maximum atomic E-state index is 12.8. The van der Waals surface area contributed by atoms with Crippen LogP contribution in [0.15, 0.2) is 41.2 Å². The fourth-order valence-electron chi connectivity index (χ4n) is 2.63. The monoisotopic (exact) mass is 325 g/mol. The Hall–Kier alpha value is -2.96. The van der Waals surface area contributed by atoms with Crippen LogP contribution in [0.3, 0.4) is 0 Å². The van der Waals surface area contributed by atoms with Gasteiger partial charge in [-0.05, 0) is 13.3 Å². The Morgan fingerprint density at radius 1 is 1.33 bits per heavy atom. The molecule has 0 saturated heterocycles. The zero-order valence-electron chi connectivity index (χ0n) is 13.9. The number of nitrogens with zero attached hydrogens (tertiary/aromatic N) is 4. The van der Waals surface area contributed by atoms with Gasteiger partial charge >= 0.3 is 0 Å². The van der Waals surface area contributed by atoms with Crippen molar-refractivity contribution in [3.63, 3.8) is 0 Å². The summed E-state index contributed by atoms with van der Waals surface area (Å²) < 4.78 is 6.92. The second-order valence-electron chi connectivity index (χ2n) is 5.50. The minimum Gasteiger partial charge on any atom is -0.360 e. The molecule has 0 aliphatic carbocycles. The molecule has 0 saturated carbocycles. The van der Waals surface area contributed by atoms with Gasteiger partial charge in [-0.25, -0.2) is 4.98 Å². The third kappa shape index (κ3) is 2.92. The molecule has 1 N–H and O–H groups in total. The highest BCUT2D eigenvalue weighted by molar-refractivity contribution is 6.00. The van der Waals surface area contributed by atoms with Crippen molar-refractivity contribution < 1.29 is 9.32 Å². The third-order valence-corrected chi connectivity index (χ3v) is 3.91. The van der Waals surface area contributed by atoms with Gasteiger partial charge in [0.25, 0.3) is 5.91 Å². The van der Waals surface area contributed by atoms with Crippen molar-refractivity contribution in [2.24, 2.45) is 7.05 Å². The van der Waals surface area contributed by atoms with Crippen LogP contribution in [0.25, 0.3) is 11.3 Å². The highest BCUT2D eigenvalue weighted by atomic mass is 16.5. The number of hydrogen-bond acceptors (Lipinski definition) is 5. The lowest BCUT2D eigenvalue weighted by atomic mass is 10.0. The van der Waals surface area contributed by atoms with E-state index in [0.717, 1.165) is 5.56 Å². The fourth-order valence-corrected chi connectivity index (χ4v) is 2.63. The molecule has 0 aliphatic rings. The topological polar surface area (TPSA) is 85.8 Å². The molecule has 0 radical (unpaired) electrons. The summed E-state index contributed by atoms with van der Waals surface area (Å²) in [6, 6.07) is 9.27. The van der Waals surface area contributed by atoms with Crippen LogP contribution in [-0.4, -0.2) is 25.8 Å². The number of nitrogens with one attached hydrogen (secondary N) is 1. The molecule has 1 amide bonds. The summed E-state index contributed by atoms with van der Waals surface area (Å²) in [5, 5.41) is 11.1. The zero-order valence-corrected chi connectivity index (χ0v) is 13.9. The van der Waals surface area contributed by atoms with Crippen LogP contribution in [0.2, 0.25) is 0 Å². The lowest BCUT2D eigenvalue weighted by molar-refractivity contribution is 0.0932. The van der Waals surface area contributed by atoms with Gasteiger partial charge in [-0.15, -0.1) is 0 Å². The van der Waals surface area contributed by atoms with Crippen molar-refractivity contribution in [3.8, 4) is 11.3 Å². The van der Waals surface area contributed by atoms with Crippen LogP contribution in [0, 0.1) is 6.92 Å². The molecular weight excluding hydrogens is 306 g/mol. The predicted molar refractivity (Wildman–Crippen MR) is 88.2 cm³/mol. The molecule has 1 atom stereocenters. The van der Waals surface area contributed by atoms with E-state index in [4.69, 9.17) is 4.52 Å². The van der Waals surface area contributed by atoms with E-state index in [1.54, 1.807) is 18.7 Å². The van der Waals surface area contributed by atoms with Crippen LogP contribution < -0.4 is 5.32 Å². The summed E-state index contributed by atoms with van der Waals surface area (Å²) in [6.45, 7) is 3.72. The molecule has 0 bridgehead atoms. The minimum atomic E-state index is -0.234. The molecule has 2 aromatic heterocycles. The standard InChI is InChI=1S/C17H19N5O2/c1-4-13(16-18-10-19-22(16)3)20-17(23)14-11(2)24-21-15(14)12-8-6-5-7-9-12/h5-10,13H,4H2,1-3H3,(H,20,23)/t13-/m0/s1. The normalized spacial score (nSPS) is 12.1. The van der Waals surface area contributed by atoms with Crippen molar-refractivity contribution in [3.05, 3.63) is 53.8 Å². The van der Waals surface area contributed by atoms with Crippen LogP contribution in [0.1, 0.15) is 41.3 Å². The highest BCUT2D eigenvalue weighted by Crippen LogP contribution is 2.26. The van der Waals surface area contributed by atoms with Gasteiger partial charge in [0, 0.05) is 12.6 Å². The number of carbonyl (C=O) groups is 1. The van der Waals surface area contributed by atoms with Crippen LogP contribution in [0.5, 0.6) is 0 Å². The highest BCUT2D eigenvalue weighted by Gasteiger charge is 2.25. The number of rotatable bonds is 5. The largest absolute Gasteiger partial charge is 0.360 e. The van der Waals surface area contributed by atoms with Crippen LogP contribution >= 0.6 is 0 Å². The molecule has 1 aromatic carbocycles. The fraction of sp³-hybridized carbons (Fsp3) is 0.294. The molecule has 7 nitrogen and oxygen atoms in total. The van der Waals surface area contributed by atoms with E-state index >= 15 is 0 Å². The average Bonchev–Trinajstić information content (AvgIpc) is 3.19.